The van der Waals surface area contributed by atoms with Crippen LogP contribution in [0.1, 0.15) is 33.6 Å². The molecule has 3 nitrogen and oxygen atoms in total. The Labute approximate surface area is 119 Å². The van der Waals surface area contributed by atoms with Gasteiger partial charge in [-0.3, -0.25) is 0 Å². The quantitative estimate of drug-likeness (QED) is 0.837. The van der Waals surface area contributed by atoms with Gasteiger partial charge < -0.3 is 10.1 Å². The van der Waals surface area contributed by atoms with Crippen molar-refractivity contribution in [3.63, 3.8) is 0 Å². The number of nitrogens with one attached hydrogen (secondary N) is 1. The molecule has 0 atom stereocenters. The molecule has 0 amide bonds. The lowest BCUT2D eigenvalue weighted by molar-refractivity contribution is -0.154. The monoisotopic (exact) mass is 279 g/mol. The zero-order valence-corrected chi connectivity index (χ0v) is 12.3. The lowest BCUT2D eigenvalue weighted by Crippen LogP contribution is -2.58. The molecule has 0 unspecified atom stereocenters. The van der Waals surface area contributed by atoms with E-state index in [1.807, 2.05) is 0 Å². The molecule has 1 aromatic carbocycles. The first-order valence-corrected chi connectivity index (χ1v) is 7.18. The molecule has 0 radical (unpaired) electrons. The molecule has 2 rings (SSSR count). The van der Waals surface area contributed by atoms with Crippen molar-refractivity contribution in [2.45, 2.75) is 39.2 Å². The number of esters is 1. The summed E-state index contributed by atoms with van der Waals surface area (Å²) in [7, 11) is 0. The van der Waals surface area contributed by atoms with Crippen LogP contribution in [0.4, 0.5) is 10.1 Å². The van der Waals surface area contributed by atoms with Gasteiger partial charge in [0.15, 0.2) is 0 Å². The van der Waals surface area contributed by atoms with Crippen molar-refractivity contribution in [3.8, 4) is 0 Å². The Hall–Kier alpha value is -1.58. The standard InChI is InChI=1S/C16H22FNO2/c1-4-20-15(19)16(9-12(10-16)11(2)3)18-14-8-6-5-7-13(14)17/h5-8,11-12,18H,4,9-10H2,1-3H3. The zero-order valence-electron chi connectivity index (χ0n) is 12.3. The third kappa shape index (κ3) is 2.79. The lowest BCUT2D eigenvalue weighted by Gasteiger charge is -2.48. The molecule has 4 heteroatoms. The van der Waals surface area contributed by atoms with Gasteiger partial charge in [0.25, 0.3) is 0 Å². The zero-order chi connectivity index (χ0) is 14.8. The van der Waals surface area contributed by atoms with Crippen LogP contribution in [0.2, 0.25) is 0 Å². The van der Waals surface area contributed by atoms with Crippen LogP contribution in [0.5, 0.6) is 0 Å². The molecule has 1 fully saturated rings. The van der Waals surface area contributed by atoms with E-state index in [0.717, 1.165) is 0 Å². The van der Waals surface area contributed by atoms with Gasteiger partial charge in [-0.15, -0.1) is 0 Å². The molecular weight excluding hydrogens is 257 g/mol. The van der Waals surface area contributed by atoms with Crippen molar-refractivity contribution in [1.29, 1.82) is 0 Å². The highest BCUT2D eigenvalue weighted by Gasteiger charge is 2.52. The molecule has 0 bridgehead atoms. The van der Waals surface area contributed by atoms with E-state index in [1.54, 1.807) is 25.1 Å². The smallest absolute Gasteiger partial charge is 0.331 e. The minimum Gasteiger partial charge on any atom is -0.464 e. The number of rotatable bonds is 5. The number of benzene rings is 1. The van der Waals surface area contributed by atoms with E-state index in [0.29, 0.717) is 37.0 Å². The first kappa shape index (κ1) is 14.8. The van der Waals surface area contributed by atoms with E-state index in [1.165, 1.54) is 6.07 Å². The van der Waals surface area contributed by atoms with Gasteiger partial charge in [0.2, 0.25) is 0 Å². The number of carbonyl (C=O) groups excluding carboxylic acids is 1. The molecule has 20 heavy (non-hydrogen) atoms. The van der Waals surface area contributed by atoms with Crippen LogP contribution in [-0.2, 0) is 9.53 Å². The van der Waals surface area contributed by atoms with Gasteiger partial charge in [-0.2, -0.15) is 0 Å². The predicted octanol–water partition coefficient (Wildman–Crippen LogP) is 3.61. The van der Waals surface area contributed by atoms with E-state index in [2.05, 4.69) is 19.2 Å². The maximum absolute atomic E-state index is 13.8. The van der Waals surface area contributed by atoms with Crippen molar-refractivity contribution >= 4 is 11.7 Å². The normalized spacial score (nSPS) is 25.1. The average Bonchev–Trinajstić information content (AvgIpc) is 2.35. The summed E-state index contributed by atoms with van der Waals surface area (Å²) in [5.74, 6) is 0.364. The van der Waals surface area contributed by atoms with Gasteiger partial charge in [0.05, 0.1) is 12.3 Å². The first-order chi connectivity index (χ1) is 9.48. The summed E-state index contributed by atoms with van der Waals surface area (Å²) in [6.07, 6.45) is 1.38. The topological polar surface area (TPSA) is 38.3 Å². The summed E-state index contributed by atoms with van der Waals surface area (Å²) in [4.78, 5) is 12.2. The summed E-state index contributed by atoms with van der Waals surface area (Å²) >= 11 is 0. The van der Waals surface area contributed by atoms with Crippen LogP contribution >= 0.6 is 0 Å². The fourth-order valence-corrected chi connectivity index (χ4v) is 2.72. The number of hydrogen-bond acceptors (Lipinski definition) is 3. The lowest BCUT2D eigenvalue weighted by atomic mass is 9.64. The van der Waals surface area contributed by atoms with Crippen LogP contribution in [0, 0.1) is 17.7 Å². The number of ether oxygens (including phenoxy) is 1. The van der Waals surface area contributed by atoms with Crippen molar-refractivity contribution in [3.05, 3.63) is 30.1 Å². The maximum Gasteiger partial charge on any atom is 0.331 e. The SMILES string of the molecule is CCOC(=O)C1(Nc2ccccc2F)CC(C(C)C)C1. The second-order valence-corrected chi connectivity index (χ2v) is 5.82. The van der Waals surface area contributed by atoms with Crippen molar-refractivity contribution < 1.29 is 13.9 Å². The summed E-state index contributed by atoms with van der Waals surface area (Å²) < 4.78 is 18.9. The van der Waals surface area contributed by atoms with Gasteiger partial charge in [-0.25, -0.2) is 9.18 Å². The molecule has 0 aliphatic heterocycles. The third-order valence-corrected chi connectivity index (χ3v) is 4.08. The van der Waals surface area contributed by atoms with Gasteiger partial charge in [-0.05, 0) is 43.7 Å². The summed E-state index contributed by atoms with van der Waals surface area (Å²) in [6.45, 7) is 6.41. The number of para-hydroxylation sites is 1. The second-order valence-electron chi connectivity index (χ2n) is 5.82. The molecule has 1 saturated carbocycles. The molecule has 0 aromatic heterocycles. The summed E-state index contributed by atoms with van der Waals surface area (Å²) in [5, 5.41) is 3.08. The van der Waals surface area contributed by atoms with Crippen LogP contribution in [-0.4, -0.2) is 18.1 Å². The van der Waals surface area contributed by atoms with Gasteiger partial charge in [0.1, 0.15) is 11.4 Å². The summed E-state index contributed by atoms with van der Waals surface area (Å²) in [6, 6.07) is 6.43. The number of halogens is 1. The Kier molecular flexibility index (Phi) is 4.31. The second kappa shape index (κ2) is 5.81. The average molecular weight is 279 g/mol. The summed E-state index contributed by atoms with van der Waals surface area (Å²) in [5.41, 5.74) is -0.407. The molecule has 0 saturated heterocycles. The van der Waals surface area contributed by atoms with Crippen LogP contribution in [0.25, 0.3) is 0 Å². The van der Waals surface area contributed by atoms with Gasteiger partial charge in [0, 0.05) is 0 Å². The highest BCUT2D eigenvalue weighted by molar-refractivity contribution is 5.86. The first-order valence-electron chi connectivity index (χ1n) is 7.18. The minimum absolute atomic E-state index is 0.278. The van der Waals surface area contributed by atoms with Crippen LogP contribution in [0.15, 0.2) is 24.3 Å². The van der Waals surface area contributed by atoms with Gasteiger partial charge in [-0.1, -0.05) is 26.0 Å². The van der Waals surface area contributed by atoms with E-state index in [4.69, 9.17) is 4.74 Å². The number of carbonyl (C=O) groups is 1. The van der Waals surface area contributed by atoms with Gasteiger partial charge >= 0.3 is 5.97 Å². The van der Waals surface area contributed by atoms with E-state index in [9.17, 15) is 9.18 Å². The molecule has 1 aliphatic carbocycles. The van der Waals surface area contributed by atoms with E-state index >= 15 is 0 Å². The Morgan fingerprint density at radius 2 is 2.10 bits per heavy atom. The number of anilines is 1. The Morgan fingerprint density at radius 1 is 1.45 bits per heavy atom. The molecule has 110 valence electrons. The Bertz CT molecular complexity index is 481. The number of hydrogen-bond donors (Lipinski definition) is 1. The van der Waals surface area contributed by atoms with E-state index < -0.39 is 5.54 Å². The van der Waals surface area contributed by atoms with Crippen molar-refractivity contribution in [1.82, 2.24) is 0 Å². The fourth-order valence-electron chi connectivity index (χ4n) is 2.72. The largest absolute Gasteiger partial charge is 0.464 e. The fraction of sp³-hybridized carbons (Fsp3) is 0.562. The maximum atomic E-state index is 13.8. The van der Waals surface area contributed by atoms with E-state index in [-0.39, 0.29) is 11.8 Å². The Balaban J connectivity index is 2.17. The van der Waals surface area contributed by atoms with Crippen LogP contribution in [0.3, 0.4) is 0 Å². The molecule has 1 N–H and O–H groups in total. The highest BCUT2D eigenvalue weighted by atomic mass is 19.1. The molecular formula is C16H22FNO2. The van der Waals surface area contributed by atoms with Crippen LogP contribution < -0.4 is 5.32 Å². The predicted molar refractivity (Wildman–Crippen MR) is 76.9 cm³/mol. The highest BCUT2D eigenvalue weighted by Crippen LogP contribution is 2.45. The molecule has 1 aliphatic rings. The van der Waals surface area contributed by atoms with Crippen molar-refractivity contribution in [2.24, 2.45) is 11.8 Å². The Morgan fingerprint density at radius 3 is 2.65 bits per heavy atom. The van der Waals surface area contributed by atoms with Crippen molar-refractivity contribution in [2.75, 3.05) is 11.9 Å². The minimum atomic E-state index is -0.771. The molecule has 0 spiro atoms. The molecule has 0 heterocycles. The third-order valence-electron chi connectivity index (χ3n) is 4.08. The molecule has 1 aromatic rings.